The third kappa shape index (κ3) is 4.82. The minimum atomic E-state index is 0.134. The fourth-order valence-corrected chi connectivity index (χ4v) is 5.56. The Morgan fingerprint density at radius 3 is 1.36 bits per heavy atom. The predicted octanol–water partition coefficient (Wildman–Crippen LogP) is 7.36. The molecular formula is C28H22N2O4S2. The molecule has 0 fully saturated rings. The molecule has 0 aliphatic heterocycles. The lowest BCUT2D eigenvalue weighted by Crippen LogP contribution is -1.84. The molecular weight excluding hydrogens is 492 g/mol. The van der Waals surface area contributed by atoms with Crippen molar-refractivity contribution in [3.63, 3.8) is 0 Å². The molecule has 6 nitrogen and oxygen atoms in total. The molecule has 0 amide bonds. The van der Waals surface area contributed by atoms with E-state index in [4.69, 9.17) is 9.47 Å². The van der Waals surface area contributed by atoms with Crippen molar-refractivity contribution >= 4 is 43.1 Å². The van der Waals surface area contributed by atoms with E-state index in [0.717, 1.165) is 41.6 Å². The topological polar surface area (TPSA) is 84.7 Å². The van der Waals surface area contributed by atoms with Gasteiger partial charge in [0.15, 0.2) is 23.0 Å². The van der Waals surface area contributed by atoms with Gasteiger partial charge >= 0.3 is 0 Å². The number of nitrogens with zero attached hydrogens (tertiary/aromatic N) is 2. The highest BCUT2D eigenvalue weighted by molar-refractivity contribution is 7.22. The van der Waals surface area contributed by atoms with E-state index in [1.54, 1.807) is 46.9 Å². The molecule has 0 spiro atoms. The van der Waals surface area contributed by atoms with Gasteiger partial charge in [-0.05, 0) is 60.7 Å². The van der Waals surface area contributed by atoms with Crippen molar-refractivity contribution in [3.05, 3.63) is 84.9 Å². The number of thiazole rings is 2. The highest BCUT2D eigenvalue weighted by atomic mass is 32.1. The molecule has 0 unspecified atom stereocenters. The Morgan fingerprint density at radius 1 is 0.583 bits per heavy atom. The number of hydrogen-bond acceptors (Lipinski definition) is 8. The van der Waals surface area contributed by atoms with E-state index >= 15 is 0 Å². The van der Waals surface area contributed by atoms with Gasteiger partial charge in [0.05, 0.1) is 34.7 Å². The molecule has 6 rings (SSSR count). The number of aromatic hydroxyl groups is 2. The van der Waals surface area contributed by atoms with Crippen molar-refractivity contribution in [1.82, 2.24) is 9.97 Å². The van der Waals surface area contributed by atoms with Crippen LogP contribution in [0.2, 0.25) is 0 Å². The number of phenols is 2. The van der Waals surface area contributed by atoms with Crippen LogP contribution < -0.4 is 9.47 Å². The van der Waals surface area contributed by atoms with Crippen LogP contribution in [0.3, 0.4) is 0 Å². The molecule has 36 heavy (non-hydrogen) atoms. The van der Waals surface area contributed by atoms with Gasteiger partial charge in [-0.25, -0.2) is 9.97 Å². The zero-order chi connectivity index (χ0) is 25.1. The Balaban J connectivity index is 0.000000148. The number of para-hydroxylation sites is 2. The van der Waals surface area contributed by atoms with Gasteiger partial charge in [0.2, 0.25) is 0 Å². The van der Waals surface area contributed by atoms with Crippen LogP contribution in [0.4, 0.5) is 0 Å². The fourth-order valence-electron chi connectivity index (χ4n) is 3.64. The zero-order valence-electron chi connectivity index (χ0n) is 19.5. The maximum Gasteiger partial charge on any atom is 0.160 e. The standard InChI is InChI=1S/2C14H11NO2S/c2*1-17-12-7-6-9(8-11(12)16)14-15-10-4-2-3-5-13(10)18-14/h2*2-8,16H,1H3. The van der Waals surface area contributed by atoms with Gasteiger partial charge in [0, 0.05) is 11.1 Å². The van der Waals surface area contributed by atoms with Crippen molar-refractivity contribution in [2.24, 2.45) is 0 Å². The van der Waals surface area contributed by atoms with Crippen LogP contribution in [0.1, 0.15) is 0 Å². The average molecular weight is 515 g/mol. The second-order valence-corrected chi connectivity index (χ2v) is 9.81. The Kier molecular flexibility index (Phi) is 6.71. The monoisotopic (exact) mass is 514 g/mol. The van der Waals surface area contributed by atoms with E-state index in [0.29, 0.717) is 11.5 Å². The number of fused-ring (bicyclic) bond motifs is 2. The largest absolute Gasteiger partial charge is 0.504 e. The highest BCUT2D eigenvalue weighted by Crippen LogP contribution is 2.36. The van der Waals surface area contributed by atoms with Crippen LogP contribution in [0, 0.1) is 0 Å². The van der Waals surface area contributed by atoms with Crippen molar-refractivity contribution in [2.45, 2.75) is 0 Å². The van der Waals surface area contributed by atoms with Crippen molar-refractivity contribution < 1.29 is 19.7 Å². The third-order valence-corrected chi connectivity index (χ3v) is 7.61. The van der Waals surface area contributed by atoms with Crippen molar-refractivity contribution in [1.29, 1.82) is 0 Å². The smallest absolute Gasteiger partial charge is 0.160 e. The minimum Gasteiger partial charge on any atom is -0.504 e. The second-order valence-electron chi connectivity index (χ2n) is 7.75. The first-order chi connectivity index (χ1) is 17.6. The summed E-state index contributed by atoms with van der Waals surface area (Å²) >= 11 is 3.22. The van der Waals surface area contributed by atoms with E-state index < -0.39 is 0 Å². The number of methoxy groups -OCH3 is 2. The summed E-state index contributed by atoms with van der Waals surface area (Å²) in [5.41, 5.74) is 3.75. The van der Waals surface area contributed by atoms with Gasteiger partial charge in [-0.2, -0.15) is 0 Å². The van der Waals surface area contributed by atoms with Gasteiger partial charge in [0.25, 0.3) is 0 Å². The van der Waals surface area contributed by atoms with Crippen LogP contribution in [-0.4, -0.2) is 34.4 Å². The molecule has 0 aliphatic carbocycles. The summed E-state index contributed by atoms with van der Waals surface area (Å²) in [4.78, 5) is 9.09. The molecule has 0 bridgehead atoms. The normalized spacial score (nSPS) is 10.7. The first-order valence-electron chi connectivity index (χ1n) is 11.0. The second kappa shape index (κ2) is 10.2. The summed E-state index contributed by atoms with van der Waals surface area (Å²) in [6.07, 6.45) is 0. The highest BCUT2D eigenvalue weighted by Gasteiger charge is 2.10. The number of aromatic nitrogens is 2. The number of rotatable bonds is 4. The summed E-state index contributed by atoms with van der Waals surface area (Å²) < 4.78 is 12.3. The van der Waals surface area contributed by atoms with E-state index in [1.807, 2.05) is 60.7 Å². The SMILES string of the molecule is COc1ccc(-c2nc3ccccc3s2)cc1O.COc1ccc(-c2nc3ccccc3s2)cc1O. The predicted molar refractivity (Wildman–Crippen MR) is 147 cm³/mol. The average Bonchev–Trinajstić information content (AvgIpc) is 3.53. The molecule has 2 aromatic heterocycles. The van der Waals surface area contributed by atoms with Crippen LogP contribution in [-0.2, 0) is 0 Å². The molecule has 0 saturated carbocycles. The van der Waals surface area contributed by atoms with E-state index in [-0.39, 0.29) is 11.5 Å². The van der Waals surface area contributed by atoms with Gasteiger partial charge < -0.3 is 19.7 Å². The molecule has 4 aromatic carbocycles. The molecule has 6 aromatic rings. The van der Waals surface area contributed by atoms with E-state index in [1.165, 1.54) is 14.2 Å². The zero-order valence-corrected chi connectivity index (χ0v) is 21.1. The number of benzene rings is 4. The lowest BCUT2D eigenvalue weighted by molar-refractivity contribution is 0.373. The van der Waals surface area contributed by atoms with E-state index in [2.05, 4.69) is 9.97 Å². The van der Waals surface area contributed by atoms with Gasteiger partial charge in [-0.3, -0.25) is 0 Å². The third-order valence-electron chi connectivity index (χ3n) is 5.44. The molecule has 180 valence electrons. The van der Waals surface area contributed by atoms with Crippen LogP contribution in [0.5, 0.6) is 23.0 Å². The molecule has 0 saturated heterocycles. The van der Waals surface area contributed by atoms with Crippen LogP contribution in [0.15, 0.2) is 84.9 Å². The quantitative estimate of drug-likeness (QED) is 0.256. The number of ether oxygens (including phenoxy) is 2. The van der Waals surface area contributed by atoms with Crippen molar-refractivity contribution in [2.75, 3.05) is 14.2 Å². The molecule has 2 N–H and O–H groups in total. The minimum absolute atomic E-state index is 0.134. The molecule has 0 aliphatic rings. The summed E-state index contributed by atoms with van der Waals surface area (Å²) in [6.45, 7) is 0. The Labute approximate surface area is 215 Å². The van der Waals surface area contributed by atoms with Gasteiger partial charge in [-0.15, -0.1) is 22.7 Å². The molecule has 0 radical (unpaired) electrons. The lowest BCUT2D eigenvalue weighted by atomic mass is 10.2. The summed E-state index contributed by atoms with van der Waals surface area (Å²) in [7, 11) is 3.07. The maximum atomic E-state index is 9.78. The first-order valence-corrected chi connectivity index (χ1v) is 12.6. The molecule has 2 heterocycles. The van der Waals surface area contributed by atoms with Crippen LogP contribution in [0.25, 0.3) is 41.6 Å². The Bertz CT molecular complexity index is 1470. The molecule has 0 atom stereocenters. The summed E-state index contributed by atoms with van der Waals surface area (Å²) in [5, 5.41) is 21.4. The van der Waals surface area contributed by atoms with E-state index in [9.17, 15) is 10.2 Å². The summed E-state index contributed by atoms with van der Waals surface area (Å²) in [5.74, 6) is 1.21. The van der Waals surface area contributed by atoms with Gasteiger partial charge in [0.1, 0.15) is 10.0 Å². The Morgan fingerprint density at radius 2 is 1.00 bits per heavy atom. The number of phenolic OH excluding ortho intramolecular Hbond substituents is 2. The summed E-state index contributed by atoms with van der Waals surface area (Å²) in [6, 6.07) is 26.6. The van der Waals surface area contributed by atoms with Crippen LogP contribution >= 0.6 is 22.7 Å². The van der Waals surface area contributed by atoms with Crippen molar-refractivity contribution in [3.8, 4) is 44.1 Å². The number of hydrogen-bond donors (Lipinski definition) is 2. The fraction of sp³-hybridized carbons (Fsp3) is 0.0714. The van der Waals surface area contributed by atoms with Gasteiger partial charge in [-0.1, -0.05) is 24.3 Å². The maximum absolute atomic E-state index is 9.78. The Hall–Kier alpha value is -4.14. The first kappa shape index (κ1) is 23.6. The lowest BCUT2D eigenvalue weighted by Gasteiger charge is -2.03. The molecule has 8 heteroatoms.